The Labute approximate surface area is 88.4 Å². The average molecular weight is 202 g/mol. The average Bonchev–Trinajstić information content (AvgIpc) is 2.15. The second kappa shape index (κ2) is 8.21. The van der Waals surface area contributed by atoms with Gasteiger partial charge in [0.2, 0.25) is 0 Å². The third-order valence-electron chi connectivity index (χ3n) is 2.41. The fourth-order valence-corrected chi connectivity index (χ4v) is 1.50. The highest BCUT2D eigenvalue weighted by Crippen LogP contribution is 2.09. The highest BCUT2D eigenvalue weighted by molar-refractivity contribution is 4.66. The van der Waals surface area contributed by atoms with E-state index in [-0.39, 0.29) is 6.10 Å². The maximum Gasteiger partial charge on any atom is 0.0667 e. The number of rotatable bonds is 8. The van der Waals surface area contributed by atoms with Crippen LogP contribution in [0.25, 0.3) is 0 Å². The van der Waals surface area contributed by atoms with Gasteiger partial charge in [-0.3, -0.25) is 0 Å². The number of methoxy groups -OCH3 is 1. The van der Waals surface area contributed by atoms with Gasteiger partial charge in [0, 0.05) is 13.7 Å². The summed E-state index contributed by atoms with van der Waals surface area (Å²) in [6, 6.07) is 0. The SMILES string of the molecule is COC(C)CNCC(CN)CC(C)C. The predicted octanol–water partition coefficient (Wildman–Crippen LogP) is 1.23. The summed E-state index contributed by atoms with van der Waals surface area (Å²) >= 11 is 0. The van der Waals surface area contributed by atoms with Crippen molar-refractivity contribution in [2.24, 2.45) is 17.6 Å². The van der Waals surface area contributed by atoms with E-state index in [2.05, 4.69) is 26.1 Å². The maximum atomic E-state index is 5.70. The molecule has 2 unspecified atom stereocenters. The van der Waals surface area contributed by atoms with Crippen LogP contribution in [0.15, 0.2) is 0 Å². The van der Waals surface area contributed by atoms with Crippen molar-refractivity contribution < 1.29 is 4.74 Å². The molecule has 3 N–H and O–H groups in total. The van der Waals surface area contributed by atoms with Crippen molar-refractivity contribution in [2.75, 3.05) is 26.7 Å². The van der Waals surface area contributed by atoms with Crippen molar-refractivity contribution in [1.29, 1.82) is 0 Å². The smallest absolute Gasteiger partial charge is 0.0667 e. The van der Waals surface area contributed by atoms with Crippen LogP contribution in [0.5, 0.6) is 0 Å². The van der Waals surface area contributed by atoms with Crippen molar-refractivity contribution in [3.8, 4) is 0 Å². The molecule has 0 aromatic heterocycles. The summed E-state index contributed by atoms with van der Waals surface area (Å²) in [5, 5.41) is 3.39. The summed E-state index contributed by atoms with van der Waals surface area (Å²) in [5.74, 6) is 1.32. The molecule has 3 heteroatoms. The topological polar surface area (TPSA) is 47.3 Å². The quantitative estimate of drug-likeness (QED) is 0.622. The third-order valence-corrected chi connectivity index (χ3v) is 2.41. The van der Waals surface area contributed by atoms with Gasteiger partial charge in [-0.05, 0) is 38.3 Å². The molecule has 0 heterocycles. The zero-order valence-electron chi connectivity index (χ0n) is 10.0. The number of ether oxygens (including phenoxy) is 1. The molecule has 0 fully saturated rings. The molecule has 0 amide bonds. The molecule has 0 rings (SSSR count). The van der Waals surface area contributed by atoms with Gasteiger partial charge in [0.1, 0.15) is 0 Å². The van der Waals surface area contributed by atoms with Crippen LogP contribution in [-0.2, 0) is 4.74 Å². The minimum Gasteiger partial charge on any atom is -0.380 e. The minimum atomic E-state index is 0.285. The predicted molar refractivity (Wildman–Crippen MR) is 61.3 cm³/mol. The molecular formula is C11H26N2O. The molecule has 0 saturated carbocycles. The molecule has 0 aromatic rings. The Morgan fingerprint density at radius 2 is 1.86 bits per heavy atom. The zero-order valence-corrected chi connectivity index (χ0v) is 10.0. The van der Waals surface area contributed by atoms with E-state index in [1.165, 1.54) is 6.42 Å². The number of nitrogens with two attached hydrogens (primary N) is 1. The zero-order chi connectivity index (χ0) is 11.0. The van der Waals surface area contributed by atoms with Gasteiger partial charge in [0.05, 0.1) is 6.10 Å². The van der Waals surface area contributed by atoms with E-state index < -0.39 is 0 Å². The second-order valence-electron chi connectivity index (χ2n) is 4.44. The van der Waals surface area contributed by atoms with Crippen molar-refractivity contribution in [1.82, 2.24) is 5.32 Å². The first-order valence-corrected chi connectivity index (χ1v) is 5.53. The standard InChI is InChI=1S/C11H26N2O/c1-9(2)5-11(6-12)8-13-7-10(3)14-4/h9-11,13H,5-8,12H2,1-4H3. The second-order valence-corrected chi connectivity index (χ2v) is 4.44. The molecule has 0 aliphatic carbocycles. The number of nitrogens with one attached hydrogen (secondary N) is 1. The first-order chi connectivity index (χ1) is 6.60. The summed E-state index contributed by atoms with van der Waals surface area (Å²) < 4.78 is 5.15. The van der Waals surface area contributed by atoms with Gasteiger partial charge in [-0.1, -0.05) is 13.8 Å². The van der Waals surface area contributed by atoms with Gasteiger partial charge >= 0.3 is 0 Å². The first-order valence-electron chi connectivity index (χ1n) is 5.53. The van der Waals surface area contributed by atoms with Gasteiger partial charge in [0.25, 0.3) is 0 Å². The molecule has 0 bridgehead atoms. The normalized spacial score (nSPS) is 15.9. The molecule has 2 atom stereocenters. The number of hydrogen-bond donors (Lipinski definition) is 2. The van der Waals surface area contributed by atoms with Crippen LogP contribution >= 0.6 is 0 Å². The van der Waals surface area contributed by atoms with Crippen molar-refractivity contribution in [3.05, 3.63) is 0 Å². The molecule has 86 valence electrons. The Morgan fingerprint density at radius 3 is 2.29 bits per heavy atom. The van der Waals surface area contributed by atoms with Gasteiger partial charge in [-0.15, -0.1) is 0 Å². The lowest BCUT2D eigenvalue weighted by Crippen LogP contribution is -2.33. The largest absolute Gasteiger partial charge is 0.380 e. The lowest BCUT2D eigenvalue weighted by Gasteiger charge is -2.19. The van der Waals surface area contributed by atoms with E-state index in [4.69, 9.17) is 10.5 Å². The molecular weight excluding hydrogens is 176 g/mol. The monoisotopic (exact) mass is 202 g/mol. The van der Waals surface area contributed by atoms with Crippen molar-refractivity contribution >= 4 is 0 Å². The Morgan fingerprint density at radius 1 is 1.21 bits per heavy atom. The van der Waals surface area contributed by atoms with Gasteiger partial charge in [-0.25, -0.2) is 0 Å². The molecule has 0 aromatic carbocycles. The molecule has 0 saturated heterocycles. The molecule has 14 heavy (non-hydrogen) atoms. The Hall–Kier alpha value is -0.120. The van der Waals surface area contributed by atoms with Gasteiger partial charge in [-0.2, -0.15) is 0 Å². The Balaban J connectivity index is 3.52. The van der Waals surface area contributed by atoms with Crippen molar-refractivity contribution in [2.45, 2.75) is 33.3 Å². The van der Waals surface area contributed by atoms with Crippen LogP contribution in [-0.4, -0.2) is 32.8 Å². The minimum absolute atomic E-state index is 0.285. The third kappa shape index (κ3) is 7.30. The van der Waals surface area contributed by atoms with Crippen LogP contribution < -0.4 is 11.1 Å². The van der Waals surface area contributed by atoms with Crippen LogP contribution in [0.2, 0.25) is 0 Å². The summed E-state index contributed by atoms with van der Waals surface area (Å²) in [4.78, 5) is 0. The fourth-order valence-electron chi connectivity index (χ4n) is 1.50. The van der Waals surface area contributed by atoms with E-state index in [1.807, 2.05) is 0 Å². The maximum absolute atomic E-state index is 5.70. The van der Waals surface area contributed by atoms with E-state index in [9.17, 15) is 0 Å². The molecule has 0 aliphatic heterocycles. The molecule has 0 radical (unpaired) electrons. The van der Waals surface area contributed by atoms with Crippen LogP contribution in [0, 0.1) is 11.8 Å². The summed E-state index contributed by atoms with van der Waals surface area (Å²) in [6.45, 7) is 9.22. The molecule has 0 spiro atoms. The summed E-state index contributed by atoms with van der Waals surface area (Å²) in [5.41, 5.74) is 5.70. The van der Waals surface area contributed by atoms with Crippen LogP contribution in [0.3, 0.4) is 0 Å². The van der Waals surface area contributed by atoms with Gasteiger partial charge in [0.15, 0.2) is 0 Å². The molecule has 0 aliphatic rings. The van der Waals surface area contributed by atoms with Crippen LogP contribution in [0.1, 0.15) is 27.2 Å². The number of hydrogen-bond acceptors (Lipinski definition) is 3. The van der Waals surface area contributed by atoms with E-state index in [0.717, 1.165) is 25.6 Å². The van der Waals surface area contributed by atoms with Crippen LogP contribution in [0.4, 0.5) is 0 Å². The van der Waals surface area contributed by atoms with E-state index in [1.54, 1.807) is 7.11 Å². The lowest BCUT2D eigenvalue weighted by atomic mass is 9.97. The summed E-state index contributed by atoms with van der Waals surface area (Å²) in [6.07, 6.45) is 1.48. The molecule has 3 nitrogen and oxygen atoms in total. The highest BCUT2D eigenvalue weighted by Gasteiger charge is 2.09. The lowest BCUT2D eigenvalue weighted by molar-refractivity contribution is 0.116. The van der Waals surface area contributed by atoms with Crippen molar-refractivity contribution in [3.63, 3.8) is 0 Å². The Kier molecular flexibility index (Phi) is 8.14. The fraction of sp³-hybridized carbons (Fsp3) is 1.00. The Bertz CT molecular complexity index is 128. The van der Waals surface area contributed by atoms with Gasteiger partial charge < -0.3 is 15.8 Å². The van der Waals surface area contributed by atoms with E-state index in [0.29, 0.717) is 5.92 Å². The highest BCUT2D eigenvalue weighted by atomic mass is 16.5. The summed E-state index contributed by atoms with van der Waals surface area (Å²) in [7, 11) is 1.74. The first kappa shape index (κ1) is 13.9. The van der Waals surface area contributed by atoms with E-state index >= 15 is 0 Å².